The molecule has 12 N–H and O–H groups in total. The number of hydrogen-bond acceptors (Lipinski definition) is 19. The lowest BCUT2D eigenvalue weighted by Crippen LogP contribution is -2.48. The van der Waals surface area contributed by atoms with Gasteiger partial charge in [-0.05, 0) is 94.9 Å². The van der Waals surface area contributed by atoms with Crippen molar-refractivity contribution in [2.24, 2.45) is 23.3 Å². The summed E-state index contributed by atoms with van der Waals surface area (Å²) in [5, 5.41) is 38.0. The van der Waals surface area contributed by atoms with E-state index in [0.717, 1.165) is 76.2 Å². The van der Waals surface area contributed by atoms with Crippen LogP contribution in [0.5, 0.6) is 5.75 Å². The number of Topliss-reactive ketones (excluding diaryl/α,β-unsaturated/α-hetero) is 4. The zero-order chi connectivity index (χ0) is 68.4. The average molecular weight is 1330 g/mol. The van der Waals surface area contributed by atoms with Crippen LogP contribution >= 0.6 is 0 Å². The Bertz CT molecular complexity index is 2420. The molecule has 0 spiro atoms. The number of benzene rings is 1. The van der Waals surface area contributed by atoms with Crippen molar-refractivity contribution in [2.75, 3.05) is 91.8 Å². The Kier molecular flexibility index (Phi) is 48.1. The van der Waals surface area contributed by atoms with E-state index < -0.39 is 46.0 Å². The molecular formula is C65H112N8O18S. The van der Waals surface area contributed by atoms with E-state index in [0.29, 0.717) is 83.8 Å². The molecule has 0 unspecified atom stereocenters. The minimum Gasteiger partial charge on any atom is -0.508 e. The first-order valence-corrected chi connectivity index (χ1v) is 34.7. The number of amidine groups is 1. The summed E-state index contributed by atoms with van der Waals surface area (Å²) in [6.45, 7) is 5.09. The molecule has 0 aromatic heterocycles. The molecule has 1 rings (SSSR count). The number of amides is 4. The zero-order valence-electron chi connectivity index (χ0n) is 55.2. The first-order valence-electron chi connectivity index (χ1n) is 33.1. The molecule has 0 fully saturated rings. The largest absolute Gasteiger partial charge is 0.508 e. The molecule has 0 aliphatic rings. The number of aromatic hydroxyl groups is 1. The van der Waals surface area contributed by atoms with Gasteiger partial charge in [-0.1, -0.05) is 103 Å². The number of hydrogen-bond donors (Lipinski definition) is 10. The van der Waals surface area contributed by atoms with E-state index in [1.807, 2.05) is 13.8 Å². The summed E-state index contributed by atoms with van der Waals surface area (Å²) in [6.07, 6.45) is 16.8. The van der Waals surface area contributed by atoms with Gasteiger partial charge in [-0.25, -0.2) is 4.79 Å². The first kappa shape index (κ1) is 84.2. The molecule has 0 saturated carbocycles. The summed E-state index contributed by atoms with van der Waals surface area (Å²) in [7, 11) is -2.20. The third kappa shape index (κ3) is 48.0. The van der Waals surface area contributed by atoms with Gasteiger partial charge in [0.05, 0.1) is 69.8 Å². The van der Waals surface area contributed by atoms with Crippen LogP contribution in [0.15, 0.2) is 24.3 Å². The predicted octanol–water partition coefficient (Wildman–Crippen LogP) is 5.45. The van der Waals surface area contributed by atoms with Gasteiger partial charge in [0.2, 0.25) is 23.6 Å². The quantitative estimate of drug-likeness (QED) is 0.0168. The molecule has 1 aromatic rings. The number of nitrogens with two attached hydrogens (primary N) is 2. The summed E-state index contributed by atoms with van der Waals surface area (Å²) in [5.74, 6) is -4.38. The van der Waals surface area contributed by atoms with Crippen LogP contribution in [-0.2, 0) is 78.6 Å². The Hall–Kier alpha value is -5.81. The highest BCUT2D eigenvalue weighted by Crippen LogP contribution is 2.21. The van der Waals surface area contributed by atoms with Gasteiger partial charge < -0.3 is 61.9 Å². The molecule has 0 aliphatic heterocycles. The maximum atomic E-state index is 14.0. The monoisotopic (exact) mass is 1320 g/mol. The van der Waals surface area contributed by atoms with Gasteiger partial charge in [0.15, 0.2) is 17.3 Å². The fourth-order valence-corrected chi connectivity index (χ4v) is 10.7. The van der Waals surface area contributed by atoms with E-state index in [9.17, 15) is 61.8 Å². The van der Waals surface area contributed by atoms with Crippen LogP contribution in [0.2, 0.25) is 0 Å². The molecule has 0 radical (unpaired) electrons. The fraction of sp³-hybridized carbons (Fsp3) is 0.754. The number of phenolic OH excluding ortho intramolecular Hbond substituents is 1. The van der Waals surface area contributed by atoms with Gasteiger partial charge in [0.25, 0.3) is 10.1 Å². The number of carbonyl (C=O) groups excluding carboxylic acids is 8. The number of ketones is 4. The number of nitrogens with one attached hydrogen (secondary N) is 5. The highest BCUT2D eigenvalue weighted by molar-refractivity contribution is 7.85. The SMILES string of the molecule is CC(C)CC(=O)CN[C@@H](CCCCNC(=O)COCCOCCCC(=O)COCCOCCNC(=O)CC[C@H](NC(=O)CCCCCCCCCCCCCCCS(=O)(=O)O)C(=O)O)C(=O)CN(C)[C@@H](CCCCC(=N)N)C(=O)C[C@@H](Cc1ccc(O)cc1)C(N)=O. The molecule has 0 aliphatic carbocycles. The number of carboxylic acid groups (broad SMARTS) is 1. The molecule has 0 heterocycles. The summed E-state index contributed by atoms with van der Waals surface area (Å²) in [6, 6.07) is 3.64. The third-order valence-electron chi connectivity index (χ3n) is 15.2. The van der Waals surface area contributed by atoms with Gasteiger partial charge >= 0.3 is 5.97 Å². The van der Waals surface area contributed by atoms with Crippen molar-refractivity contribution in [3.05, 3.63) is 29.8 Å². The maximum Gasteiger partial charge on any atom is 0.326 e. The van der Waals surface area contributed by atoms with Crippen LogP contribution < -0.4 is 32.7 Å². The molecule has 4 amide bonds. The van der Waals surface area contributed by atoms with E-state index in [4.69, 9.17) is 40.4 Å². The molecule has 1 aromatic carbocycles. The fourth-order valence-electron chi connectivity index (χ4n) is 10.1. The molecule has 0 bridgehead atoms. The highest BCUT2D eigenvalue weighted by Gasteiger charge is 2.31. The Balaban J connectivity index is 2.27. The van der Waals surface area contributed by atoms with Crippen molar-refractivity contribution in [1.29, 1.82) is 5.41 Å². The maximum absolute atomic E-state index is 14.0. The number of phenols is 1. The van der Waals surface area contributed by atoms with Crippen LogP contribution in [0.3, 0.4) is 0 Å². The second-order valence-electron chi connectivity index (χ2n) is 24.2. The summed E-state index contributed by atoms with van der Waals surface area (Å²) in [5.41, 5.74) is 12.0. The smallest absolute Gasteiger partial charge is 0.326 e. The molecule has 4 atom stereocenters. The van der Waals surface area contributed by atoms with E-state index >= 15 is 0 Å². The number of aliphatic carboxylic acids is 1. The Morgan fingerprint density at radius 2 is 1.14 bits per heavy atom. The van der Waals surface area contributed by atoms with Crippen molar-refractivity contribution in [1.82, 2.24) is 26.2 Å². The number of primary amides is 1. The standard InChI is InChI=1S/C65H112N8O18S/c1-49(2)42-54(76)45-71-55(59(78)46-73(3)57(24-16-17-25-60(66)67)58(77)44-51(64(68)82)43-50-27-29-52(74)30-28-50)23-18-19-33-69-63(81)48-91-40-37-88-35-21-22-53(75)47-90-39-38-89-36-34-70-61(79)32-31-56(65(83)84)72-62(80)26-15-13-11-9-7-5-4-6-8-10-12-14-20-41-92(85,86)87/h27-30,49,51,55-57,71,74H,4-26,31-48H2,1-3H3,(H3,66,67)(H2,68,82)(H,69,81)(H,70,79)(H,72,80)(H,83,84)(H,85,86,87)/t51-,55+,56+,57+/m1/s1. The second-order valence-corrected chi connectivity index (χ2v) is 25.7. The summed E-state index contributed by atoms with van der Waals surface area (Å²) < 4.78 is 52.1. The zero-order valence-corrected chi connectivity index (χ0v) is 56.0. The Morgan fingerprint density at radius 3 is 1.74 bits per heavy atom. The number of unbranched alkanes of at least 4 members (excludes halogenated alkanes) is 14. The topological polar surface area (TPSA) is 413 Å². The van der Waals surface area contributed by atoms with Crippen molar-refractivity contribution in [2.45, 2.75) is 212 Å². The van der Waals surface area contributed by atoms with Crippen molar-refractivity contribution >= 4 is 68.7 Å². The van der Waals surface area contributed by atoms with Crippen LogP contribution in [0, 0.1) is 17.2 Å². The van der Waals surface area contributed by atoms with Gasteiger partial charge in [0, 0.05) is 64.1 Å². The second kappa shape index (κ2) is 52.6. The van der Waals surface area contributed by atoms with Gasteiger partial charge in [-0.15, -0.1) is 0 Å². The van der Waals surface area contributed by atoms with E-state index in [-0.39, 0.29) is 169 Å². The number of carbonyl (C=O) groups is 9. The van der Waals surface area contributed by atoms with Crippen molar-refractivity contribution in [3.8, 4) is 5.75 Å². The van der Waals surface area contributed by atoms with Crippen LogP contribution in [0.4, 0.5) is 0 Å². The number of ether oxygens (including phenoxy) is 4. The molecule has 0 saturated heterocycles. The van der Waals surface area contributed by atoms with Crippen LogP contribution in [0.25, 0.3) is 0 Å². The molecule has 26 nitrogen and oxygen atoms in total. The first-order chi connectivity index (χ1) is 43.9. The molecule has 92 heavy (non-hydrogen) atoms. The van der Waals surface area contributed by atoms with Crippen molar-refractivity contribution in [3.63, 3.8) is 0 Å². The average Bonchev–Trinajstić information content (AvgIpc) is 1.02. The summed E-state index contributed by atoms with van der Waals surface area (Å²) >= 11 is 0. The lowest BCUT2D eigenvalue weighted by atomic mass is 9.89. The van der Waals surface area contributed by atoms with E-state index in [1.165, 1.54) is 12.1 Å². The summed E-state index contributed by atoms with van der Waals surface area (Å²) in [4.78, 5) is 116. The minimum atomic E-state index is -3.86. The highest BCUT2D eigenvalue weighted by atomic mass is 32.2. The minimum absolute atomic E-state index is 0.0128. The Labute approximate surface area is 545 Å². The Morgan fingerprint density at radius 1 is 0.576 bits per heavy atom. The van der Waals surface area contributed by atoms with Gasteiger partial charge in [-0.2, -0.15) is 8.42 Å². The molecule has 27 heteroatoms. The predicted molar refractivity (Wildman–Crippen MR) is 349 cm³/mol. The number of likely N-dealkylation sites (N-methyl/N-ethyl adjacent to an activating group) is 1. The number of rotatable bonds is 63. The van der Waals surface area contributed by atoms with Crippen LogP contribution in [0.1, 0.15) is 193 Å². The van der Waals surface area contributed by atoms with Crippen LogP contribution in [-0.4, -0.2) is 197 Å². The van der Waals surface area contributed by atoms with Gasteiger partial charge in [-0.3, -0.25) is 53.2 Å². The number of nitrogens with zero attached hydrogens (tertiary/aromatic N) is 1. The van der Waals surface area contributed by atoms with E-state index in [1.54, 1.807) is 24.1 Å². The number of carboxylic acids is 1. The lowest BCUT2D eigenvalue weighted by Gasteiger charge is -2.29. The lowest BCUT2D eigenvalue weighted by molar-refractivity contribution is -0.142. The normalized spacial score (nSPS) is 12.9. The molecular weight excluding hydrogens is 1210 g/mol. The van der Waals surface area contributed by atoms with E-state index in [2.05, 4.69) is 21.3 Å². The van der Waals surface area contributed by atoms with Crippen molar-refractivity contribution < 1.29 is 85.3 Å². The third-order valence-corrected chi connectivity index (χ3v) is 16.0. The van der Waals surface area contributed by atoms with Gasteiger partial charge in [0.1, 0.15) is 30.8 Å². The molecule has 526 valence electrons.